The van der Waals surface area contributed by atoms with Crippen LogP contribution < -0.4 is 4.74 Å². The zero-order valence-electron chi connectivity index (χ0n) is 13.6. The summed E-state index contributed by atoms with van der Waals surface area (Å²) in [5.74, 6) is 0.845. The quantitative estimate of drug-likeness (QED) is 0.873. The standard InChI is InChI=1S/C18H29NO2/c1-14-9-10-18(11-15(14)2)21-13-17(20)12-19(3)16-7-5-4-6-8-16/h9-11,16-17,20H,4-8,12-13H2,1-3H3/t17-/m0/s1. The van der Waals surface area contributed by atoms with Crippen LogP contribution in [-0.4, -0.2) is 42.4 Å². The van der Waals surface area contributed by atoms with Gasteiger partial charge in [0, 0.05) is 12.6 Å². The Hall–Kier alpha value is -1.06. The van der Waals surface area contributed by atoms with E-state index in [0.29, 0.717) is 19.2 Å². The molecule has 0 aromatic heterocycles. The van der Waals surface area contributed by atoms with Gasteiger partial charge in [-0.25, -0.2) is 0 Å². The van der Waals surface area contributed by atoms with Gasteiger partial charge in [0.05, 0.1) is 0 Å². The molecule has 0 heterocycles. The normalized spacial score (nSPS) is 18.0. The Morgan fingerprint density at radius 3 is 2.57 bits per heavy atom. The number of likely N-dealkylation sites (N-methyl/N-ethyl adjacent to an activating group) is 1. The Balaban J connectivity index is 1.75. The average molecular weight is 291 g/mol. The summed E-state index contributed by atoms with van der Waals surface area (Å²) in [6.07, 6.45) is 6.11. The second-order valence-corrected chi connectivity index (χ2v) is 6.44. The van der Waals surface area contributed by atoms with Gasteiger partial charge in [0.25, 0.3) is 0 Å². The van der Waals surface area contributed by atoms with Crippen molar-refractivity contribution in [2.45, 2.75) is 58.1 Å². The Labute approximate surface area is 128 Å². The predicted octanol–water partition coefficient (Wildman–Crippen LogP) is 3.31. The molecule has 1 aliphatic rings. The van der Waals surface area contributed by atoms with E-state index in [0.717, 1.165) is 5.75 Å². The van der Waals surface area contributed by atoms with Crippen LogP contribution in [0.15, 0.2) is 18.2 Å². The molecule has 3 nitrogen and oxygen atoms in total. The summed E-state index contributed by atoms with van der Waals surface area (Å²) >= 11 is 0. The minimum atomic E-state index is -0.432. The molecule has 0 unspecified atom stereocenters. The average Bonchev–Trinajstić information content (AvgIpc) is 2.49. The van der Waals surface area contributed by atoms with E-state index in [2.05, 4.69) is 31.9 Å². The molecular weight excluding hydrogens is 262 g/mol. The lowest BCUT2D eigenvalue weighted by atomic mass is 9.94. The second-order valence-electron chi connectivity index (χ2n) is 6.44. The maximum atomic E-state index is 10.2. The highest BCUT2D eigenvalue weighted by atomic mass is 16.5. The molecule has 1 aromatic rings. The first-order valence-corrected chi connectivity index (χ1v) is 8.14. The molecule has 1 saturated carbocycles. The van der Waals surface area contributed by atoms with Crippen molar-refractivity contribution in [3.8, 4) is 5.75 Å². The number of aliphatic hydroxyl groups is 1. The third-order valence-electron chi connectivity index (χ3n) is 4.62. The lowest BCUT2D eigenvalue weighted by Crippen LogP contribution is -2.40. The minimum Gasteiger partial charge on any atom is -0.491 e. The van der Waals surface area contributed by atoms with Gasteiger partial charge in [-0.1, -0.05) is 25.3 Å². The van der Waals surface area contributed by atoms with Crippen LogP contribution >= 0.6 is 0 Å². The Morgan fingerprint density at radius 2 is 1.90 bits per heavy atom. The zero-order valence-corrected chi connectivity index (χ0v) is 13.6. The van der Waals surface area contributed by atoms with Crippen LogP contribution in [0.25, 0.3) is 0 Å². The van der Waals surface area contributed by atoms with Crippen LogP contribution in [0.3, 0.4) is 0 Å². The lowest BCUT2D eigenvalue weighted by molar-refractivity contribution is 0.0561. The SMILES string of the molecule is Cc1ccc(OC[C@@H](O)CN(C)C2CCCCC2)cc1C. The highest BCUT2D eigenvalue weighted by Gasteiger charge is 2.20. The fourth-order valence-corrected chi connectivity index (χ4v) is 3.05. The van der Waals surface area contributed by atoms with Gasteiger partial charge in [0.1, 0.15) is 18.5 Å². The Bertz CT molecular complexity index is 441. The van der Waals surface area contributed by atoms with Gasteiger partial charge < -0.3 is 14.7 Å². The van der Waals surface area contributed by atoms with Crippen molar-refractivity contribution >= 4 is 0 Å². The zero-order chi connectivity index (χ0) is 15.2. The van der Waals surface area contributed by atoms with E-state index in [1.165, 1.54) is 43.2 Å². The van der Waals surface area contributed by atoms with Crippen LogP contribution in [0.4, 0.5) is 0 Å². The third-order valence-corrected chi connectivity index (χ3v) is 4.62. The lowest BCUT2D eigenvalue weighted by Gasteiger charge is -2.32. The van der Waals surface area contributed by atoms with E-state index in [-0.39, 0.29) is 0 Å². The number of rotatable bonds is 6. The molecule has 0 amide bonds. The van der Waals surface area contributed by atoms with E-state index in [9.17, 15) is 5.11 Å². The molecule has 21 heavy (non-hydrogen) atoms. The van der Waals surface area contributed by atoms with Gasteiger partial charge in [-0.15, -0.1) is 0 Å². The predicted molar refractivity (Wildman–Crippen MR) is 86.9 cm³/mol. The monoisotopic (exact) mass is 291 g/mol. The van der Waals surface area contributed by atoms with Crippen LogP contribution in [-0.2, 0) is 0 Å². The first-order chi connectivity index (χ1) is 10.1. The van der Waals surface area contributed by atoms with Crippen molar-refractivity contribution in [3.63, 3.8) is 0 Å². The summed E-state index contributed by atoms with van der Waals surface area (Å²) in [7, 11) is 2.12. The second kappa shape index (κ2) is 7.81. The van der Waals surface area contributed by atoms with Gasteiger partial charge in [-0.3, -0.25) is 0 Å². The molecule has 0 spiro atoms. The van der Waals surface area contributed by atoms with Gasteiger partial charge in [0.2, 0.25) is 0 Å². The van der Waals surface area contributed by atoms with Crippen molar-refractivity contribution in [2.75, 3.05) is 20.2 Å². The summed E-state index contributed by atoms with van der Waals surface area (Å²) in [6, 6.07) is 6.70. The summed E-state index contributed by atoms with van der Waals surface area (Å²) in [6.45, 7) is 5.22. The fraction of sp³-hybridized carbons (Fsp3) is 0.667. The van der Waals surface area contributed by atoms with E-state index in [1.807, 2.05) is 12.1 Å². The van der Waals surface area contributed by atoms with E-state index in [4.69, 9.17) is 4.74 Å². The molecule has 0 saturated heterocycles. The molecule has 0 aliphatic heterocycles. The van der Waals surface area contributed by atoms with Crippen LogP contribution in [0, 0.1) is 13.8 Å². The highest BCUT2D eigenvalue weighted by molar-refractivity contribution is 5.33. The number of hydrogen-bond donors (Lipinski definition) is 1. The van der Waals surface area contributed by atoms with Crippen molar-refractivity contribution < 1.29 is 9.84 Å². The molecule has 118 valence electrons. The smallest absolute Gasteiger partial charge is 0.119 e. The number of nitrogens with zero attached hydrogens (tertiary/aromatic N) is 1. The molecule has 1 atom stereocenters. The van der Waals surface area contributed by atoms with Gasteiger partial charge in [0.15, 0.2) is 0 Å². The third kappa shape index (κ3) is 5.01. The number of benzene rings is 1. The van der Waals surface area contributed by atoms with Crippen molar-refractivity contribution in [2.24, 2.45) is 0 Å². The molecule has 0 bridgehead atoms. The molecule has 1 aliphatic carbocycles. The van der Waals surface area contributed by atoms with Gasteiger partial charge >= 0.3 is 0 Å². The van der Waals surface area contributed by atoms with Gasteiger partial charge in [-0.2, -0.15) is 0 Å². The molecule has 1 fully saturated rings. The maximum Gasteiger partial charge on any atom is 0.119 e. The number of aliphatic hydroxyl groups excluding tert-OH is 1. The topological polar surface area (TPSA) is 32.7 Å². The van der Waals surface area contributed by atoms with E-state index in [1.54, 1.807) is 0 Å². The molecule has 0 radical (unpaired) electrons. The summed E-state index contributed by atoms with van der Waals surface area (Å²) in [5, 5.41) is 10.2. The summed E-state index contributed by atoms with van der Waals surface area (Å²) < 4.78 is 5.72. The number of aryl methyl sites for hydroxylation is 2. The van der Waals surface area contributed by atoms with E-state index >= 15 is 0 Å². The Morgan fingerprint density at radius 1 is 1.19 bits per heavy atom. The molecule has 1 aromatic carbocycles. The van der Waals surface area contributed by atoms with Gasteiger partial charge in [-0.05, 0) is 57.0 Å². The van der Waals surface area contributed by atoms with Crippen LogP contribution in [0.2, 0.25) is 0 Å². The van der Waals surface area contributed by atoms with Crippen LogP contribution in [0.1, 0.15) is 43.2 Å². The summed E-state index contributed by atoms with van der Waals surface area (Å²) in [5.41, 5.74) is 2.49. The van der Waals surface area contributed by atoms with Crippen molar-refractivity contribution in [1.29, 1.82) is 0 Å². The van der Waals surface area contributed by atoms with E-state index < -0.39 is 6.10 Å². The number of hydrogen-bond acceptors (Lipinski definition) is 3. The Kier molecular flexibility index (Phi) is 6.07. The van der Waals surface area contributed by atoms with Crippen LogP contribution in [0.5, 0.6) is 5.75 Å². The fourth-order valence-electron chi connectivity index (χ4n) is 3.05. The first kappa shape index (κ1) is 16.3. The maximum absolute atomic E-state index is 10.2. The minimum absolute atomic E-state index is 0.361. The highest BCUT2D eigenvalue weighted by Crippen LogP contribution is 2.22. The molecule has 1 N–H and O–H groups in total. The molecule has 2 rings (SSSR count). The largest absolute Gasteiger partial charge is 0.491 e. The first-order valence-electron chi connectivity index (χ1n) is 8.14. The summed E-state index contributed by atoms with van der Waals surface area (Å²) in [4.78, 5) is 2.30. The van der Waals surface area contributed by atoms with Crippen molar-refractivity contribution in [3.05, 3.63) is 29.3 Å². The number of ether oxygens (including phenoxy) is 1. The molecule has 3 heteroatoms. The van der Waals surface area contributed by atoms with Crippen molar-refractivity contribution in [1.82, 2.24) is 4.90 Å². The molecular formula is C18H29NO2.